The molecule has 2 heterocycles. The molecule has 2 saturated heterocycles. The van der Waals surface area contributed by atoms with Gasteiger partial charge >= 0.3 is 0 Å². The van der Waals surface area contributed by atoms with Crippen molar-refractivity contribution in [3.8, 4) is 0 Å². The predicted octanol–water partition coefficient (Wildman–Crippen LogP) is 3.05. The highest BCUT2D eigenvalue weighted by Crippen LogP contribution is 2.29. The van der Waals surface area contributed by atoms with Gasteiger partial charge < -0.3 is 10.1 Å². The Balaban J connectivity index is 1.48. The van der Waals surface area contributed by atoms with Crippen LogP contribution >= 0.6 is 0 Å². The van der Waals surface area contributed by atoms with Gasteiger partial charge in [-0.2, -0.15) is 0 Å². The summed E-state index contributed by atoms with van der Waals surface area (Å²) in [5, 5.41) is 2.99. The molecule has 0 spiro atoms. The first-order valence-corrected chi connectivity index (χ1v) is 10.6. The first kappa shape index (κ1) is 20.7. The molecule has 1 N–H and O–H groups in total. The number of nitrogens with one attached hydrogen (secondary N) is 1. The topological polar surface area (TPSA) is 58.6 Å². The van der Waals surface area contributed by atoms with Gasteiger partial charge in [0.25, 0.3) is 0 Å². The van der Waals surface area contributed by atoms with Gasteiger partial charge in [-0.3, -0.25) is 14.5 Å². The lowest BCUT2D eigenvalue weighted by Crippen LogP contribution is -2.40. The van der Waals surface area contributed by atoms with E-state index in [1.807, 2.05) is 30.3 Å². The quantitative estimate of drug-likeness (QED) is 0.713. The molecule has 3 atom stereocenters. The fourth-order valence-electron chi connectivity index (χ4n) is 4.37. The summed E-state index contributed by atoms with van der Waals surface area (Å²) in [7, 11) is 0. The normalized spacial score (nSPS) is 24.1. The van der Waals surface area contributed by atoms with Crippen LogP contribution < -0.4 is 5.32 Å². The maximum absolute atomic E-state index is 13.3. The number of halogens is 1. The zero-order valence-electron chi connectivity index (χ0n) is 16.9. The van der Waals surface area contributed by atoms with Gasteiger partial charge in [-0.15, -0.1) is 0 Å². The van der Waals surface area contributed by atoms with Gasteiger partial charge in [0.2, 0.25) is 5.91 Å². The number of benzene rings is 2. The molecule has 30 heavy (non-hydrogen) atoms. The van der Waals surface area contributed by atoms with Crippen LogP contribution in [-0.2, 0) is 16.1 Å². The fourth-order valence-corrected chi connectivity index (χ4v) is 4.37. The fraction of sp³-hybridized carbons (Fsp3) is 0.417. The third-order valence-electron chi connectivity index (χ3n) is 5.97. The lowest BCUT2D eigenvalue weighted by Gasteiger charge is -2.18. The van der Waals surface area contributed by atoms with E-state index in [9.17, 15) is 14.0 Å². The second kappa shape index (κ2) is 9.49. The lowest BCUT2D eigenvalue weighted by molar-refractivity contribution is -0.125. The Kier molecular flexibility index (Phi) is 6.55. The van der Waals surface area contributed by atoms with Crippen LogP contribution in [0.5, 0.6) is 0 Å². The van der Waals surface area contributed by atoms with Crippen molar-refractivity contribution in [1.82, 2.24) is 10.2 Å². The summed E-state index contributed by atoms with van der Waals surface area (Å²) in [4.78, 5) is 28.3. The monoisotopic (exact) mass is 410 g/mol. The predicted molar refractivity (Wildman–Crippen MR) is 111 cm³/mol. The van der Waals surface area contributed by atoms with Crippen LogP contribution in [0.2, 0.25) is 0 Å². The van der Waals surface area contributed by atoms with Gasteiger partial charge in [-0.1, -0.05) is 30.3 Å². The Hall–Kier alpha value is -2.57. The van der Waals surface area contributed by atoms with Crippen molar-refractivity contribution < 1.29 is 18.7 Å². The Labute approximate surface area is 176 Å². The number of Topliss-reactive ketones (excluding diaryl/α,β-unsaturated/α-hetero) is 1. The molecule has 158 valence electrons. The van der Waals surface area contributed by atoms with E-state index in [0.29, 0.717) is 31.7 Å². The van der Waals surface area contributed by atoms with Gasteiger partial charge in [-0.05, 0) is 42.7 Å². The van der Waals surface area contributed by atoms with Gasteiger partial charge in [0.1, 0.15) is 5.82 Å². The minimum absolute atomic E-state index is 0.0574. The second-order valence-corrected chi connectivity index (χ2v) is 8.14. The molecule has 1 amide bonds. The van der Waals surface area contributed by atoms with Crippen molar-refractivity contribution in [3.05, 3.63) is 71.5 Å². The van der Waals surface area contributed by atoms with E-state index in [0.717, 1.165) is 25.0 Å². The summed E-state index contributed by atoms with van der Waals surface area (Å²) in [5.41, 5.74) is 1.59. The maximum atomic E-state index is 13.3. The largest absolute Gasteiger partial charge is 0.376 e. The highest BCUT2D eigenvalue weighted by atomic mass is 19.1. The standard InChI is InChI=1S/C24H27FN2O3/c25-19-10-8-18(9-11-19)23(28)21-15-27(14-17-5-2-1-3-6-17)16-22(21)24(29)26-13-20-7-4-12-30-20/h1-3,5-6,8-11,20-22H,4,7,12-16H2,(H,26,29)/t20-,21-,22-/m1/s1. The molecule has 2 aliphatic rings. The molecule has 6 heteroatoms. The molecule has 4 rings (SSSR count). The molecule has 0 bridgehead atoms. The first-order chi connectivity index (χ1) is 14.6. The Bertz CT molecular complexity index is 866. The molecule has 2 aromatic rings. The van der Waals surface area contributed by atoms with Crippen molar-refractivity contribution in [3.63, 3.8) is 0 Å². The molecule has 2 fully saturated rings. The van der Waals surface area contributed by atoms with Crippen molar-refractivity contribution in [2.75, 3.05) is 26.2 Å². The molecule has 0 radical (unpaired) electrons. The van der Waals surface area contributed by atoms with Crippen LogP contribution in [0.1, 0.15) is 28.8 Å². The summed E-state index contributed by atoms with van der Waals surface area (Å²) < 4.78 is 18.9. The average molecular weight is 410 g/mol. The van der Waals surface area contributed by atoms with Crippen LogP contribution in [-0.4, -0.2) is 48.9 Å². The number of hydrogen-bond donors (Lipinski definition) is 1. The number of rotatable bonds is 7. The highest BCUT2D eigenvalue weighted by molar-refractivity contribution is 6.01. The van der Waals surface area contributed by atoms with Crippen LogP contribution in [0.3, 0.4) is 0 Å². The minimum Gasteiger partial charge on any atom is -0.376 e. The van der Waals surface area contributed by atoms with E-state index in [1.165, 1.54) is 24.3 Å². The van der Waals surface area contributed by atoms with E-state index in [-0.39, 0.29) is 23.6 Å². The van der Waals surface area contributed by atoms with Gasteiger partial charge in [0.15, 0.2) is 5.78 Å². The van der Waals surface area contributed by atoms with Crippen LogP contribution in [0.15, 0.2) is 54.6 Å². The Morgan fingerprint density at radius 3 is 2.47 bits per heavy atom. The van der Waals surface area contributed by atoms with Gasteiger partial charge in [0, 0.05) is 44.3 Å². The zero-order chi connectivity index (χ0) is 20.9. The minimum atomic E-state index is -0.455. The molecule has 2 aliphatic heterocycles. The van der Waals surface area contributed by atoms with Crippen molar-refractivity contribution >= 4 is 11.7 Å². The summed E-state index contributed by atoms with van der Waals surface area (Å²) in [6.45, 7) is 2.92. The van der Waals surface area contributed by atoms with Crippen LogP contribution in [0.4, 0.5) is 4.39 Å². The first-order valence-electron chi connectivity index (χ1n) is 10.6. The molecule has 5 nitrogen and oxygen atoms in total. The Morgan fingerprint density at radius 2 is 1.77 bits per heavy atom. The summed E-state index contributed by atoms with van der Waals surface area (Å²) >= 11 is 0. The summed E-state index contributed by atoms with van der Waals surface area (Å²) in [6, 6.07) is 15.6. The van der Waals surface area contributed by atoms with Gasteiger partial charge in [-0.25, -0.2) is 4.39 Å². The zero-order valence-corrected chi connectivity index (χ0v) is 16.9. The molecular weight excluding hydrogens is 383 g/mol. The molecular formula is C24H27FN2O3. The third-order valence-corrected chi connectivity index (χ3v) is 5.97. The van der Waals surface area contributed by atoms with Crippen LogP contribution in [0.25, 0.3) is 0 Å². The maximum Gasteiger partial charge on any atom is 0.225 e. The SMILES string of the molecule is O=C(NC[C@H]1CCCO1)[C@@H]1CN(Cc2ccccc2)C[C@H]1C(=O)c1ccc(F)cc1. The summed E-state index contributed by atoms with van der Waals surface area (Å²) in [6.07, 6.45) is 2.02. The second-order valence-electron chi connectivity index (χ2n) is 8.14. The number of carbonyl (C=O) groups excluding carboxylic acids is 2. The number of ether oxygens (including phenoxy) is 1. The van der Waals surface area contributed by atoms with E-state index in [4.69, 9.17) is 4.74 Å². The van der Waals surface area contributed by atoms with E-state index in [1.54, 1.807) is 0 Å². The van der Waals surface area contributed by atoms with E-state index in [2.05, 4.69) is 10.2 Å². The van der Waals surface area contributed by atoms with Gasteiger partial charge in [0.05, 0.1) is 12.0 Å². The molecule has 0 aromatic heterocycles. The van der Waals surface area contributed by atoms with Crippen molar-refractivity contribution in [1.29, 1.82) is 0 Å². The van der Waals surface area contributed by atoms with Crippen molar-refractivity contribution in [2.45, 2.75) is 25.5 Å². The number of likely N-dealkylation sites (tertiary alicyclic amines) is 1. The highest BCUT2D eigenvalue weighted by Gasteiger charge is 2.42. The number of nitrogens with zero attached hydrogens (tertiary/aromatic N) is 1. The average Bonchev–Trinajstić information content (AvgIpc) is 3.43. The molecule has 0 aliphatic carbocycles. The van der Waals surface area contributed by atoms with E-state index >= 15 is 0 Å². The van der Waals surface area contributed by atoms with E-state index < -0.39 is 11.8 Å². The molecule has 2 aromatic carbocycles. The number of amides is 1. The van der Waals surface area contributed by atoms with Crippen molar-refractivity contribution in [2.24, 2.45) is 11.8 Å². The summed E-state index contributed by atoms with van der Waals surface area (Å²) in [5.74, 6) is -1.49. The number of ketones is 1. The number of carbonyl (C=O) groups is 2. The lowest BCUT2D eigenvalue weighted by atomic mass is 9.87. The smallest absolute Gasteiger partial charge is 0.225 e. The molecule has 0 unspecified atom stereocenters. The van der Waals surface area contributed by atoms with Crippen LogP contribution in [0, 0.1) is 17.7 Å². The molecule has 0 saturated carbocycles. The Morgan fingerprint density at radius 1 is 1.03 bits per heavy atom. The third kappa shape index (κ3) is 4.94. The number of hydrogen-bond acceptors (Lipinski definition) is 4.